The molecule has 4 rings (SSSR count). The number of thiophene rings is 1. The third-order valence-corrected chi connectivity index (χ3v) is 7.60. The van der Waals surface area contributed by atoms with Gasteiger partial charge in [-0.15, -0.1) is 11.3 Å². The number of nitrogens with one attached hydrogen (secondary N) is 2. The maximum Gasteiger partial charge on any atom is 0.325 e. The number of nitrogens with two attached hydrogens (primary N) is 1. The van der Waals surface area contributed by atoms with Crippen LogP contribution in [0.2, 0.25) is 0 Å². The van der Waals surface area contributed by atoms with Crippen molar-refractivity contribution >= 4 is 40.1 Å². The number of primary amides is 1. The Morgan fingerprint density at radius 3 is 2.59 bits per heavy atom. The Balaban J connectivity index is 1.56. The van der Waals surface area contributed by atoms with E-state index in [-0.39, 0.29) is 0 Å². The minimum atomic E-state index is -1.36. The Bertz CT molecular complexity index is 1150. The van der Waals surface area contributed by atoms with Crippen molar-refractivity contribution in [3.05, 3.63) is 51.7 Å². The number of carbonyl (C=O) groups excluding carboxylic acids is 4. The second kappa shape index (κ2) is 9.54. The maximum atomic E-state index is 13.5. The van der Waals surface area contributed by atoms with E-state index >= 15 is 0 Å². The van der Waals surface area contributed by atoms with E-state index in [1.807, 2.05) is 6.92 Å². The average Bonchev–Trinajstić information content (AvgIpc) is 3.28. The molecule has 34 heavy (non-hydrogen) atoms. The van der Waals surface area contributed by atoms with Gasteiger partial charge in [0.15, 0.2) is 0 Å². The van der Waals surface area contributed by atoms with E-state index in [0.29, 0.717) is 29.0 Å². The Morgan fingerprint density at radius 2 is 1.91 bits per heavy atom. The van der Waals surface area contributed by atoms with Crippen molar-refractivity contribution in [2.24, 2.45) is 5.73 Å². The number of fused-ring (bicyclic) bond motifs is 1. The van der Waals surface area contributed by atoms with Crippen molar-refractivity contribution in [1.82, 2.24) is 10.2 Å². The van der Waals surface area contributed by atoms with E-state index in [0.717, 1.165) is 47.4 Å². The number of aryl methyl sites for hydroxylation is 1. The molecule has 1 aromatic heterocycles. The SMILES string of the molecule is CCCC[C@]1(c2ccc(F)cc2)NC(=O)N(CC(=O)Nc2sc3c(c2C(N)=O)CCCC3)C1=O. The van der Waals surface area contributed by atoms with Crippen LogP contribution in [0.1, 0.15) is 65.4 Å². The van der Waals surface area contributed by atoms with Gasteiger partial charge in [-0.25, -0.2) is 9.18 Å². The van der Waals surface area contributed by atoms with Crippen LogP contribution in [0.3, 0.4) is 0 Å². The zero-order valence-electron chi connectivity index (χ0n) is 18.9. The zero-order chi connectivity index (χ0) is 24.5. The van der Waals surface area contributed by atoms with Gasteiger partial charge in [0.25, 0.3) is 11.8 Å². The molecule has 0 radical (unpaired) electrons. The van der Waals surface area contributed by atoms with Crippen LogP contribution in [-0.2, 0) is 28.0 Å². The van der Waals surface area contributed by atoms with Crippen LogP contribution < -0.4 is 16.4 Å². The number of benzene rings is 1. The van der Waals surface area contributed by atoms with E-state index in [4.69, 9.17) is 5.73 Å². The summed E-state index contributed by atoms with van der Waals surface area (Å²) in [4.78, 5) is 53.1. The fourth-order valence-electron chi connectivity index (χ4n) is 4.68. The van der Waals surface area contributed by atoms with Gasteiger partial charge < -0.3 is 16.4 Å². The van der Waals surface area contributed by atoms with E-state index in [9.17, 15) is 23.6 Å². The molecular formula is C24H27FN4O4S. The summed E-state index contributed by atoms with van der Waals surface area (Å²) in [5.74, 6) is -2.23. The molecule has 2 aliphatic rings. The highest BCUT2D eigenvalue weighted by Crippen LogP contribution is 2.38. The summed E-state index contributed by atoms with van der Waals surface area (Å²) in [6, 6.07) is 4.73. The topological polar surface area (TPSA) is 122 Å². The lowest BCUT2D eigenvalue weighted by Gasteiger charge is -2.27. The van der Waals surface area contributed by atoms with E-state index in [2.05, 4.69) is 10.6 Å². The molecule has 2 heterocycles. The smallest absolute Gasteiger partial charge is 0.325 e. The number of anilines is 1. The molecule has 0 spiro atoms. The Morgan fingerprint density at radius 1 is 1.21 bits per heavy atom. The predicted molar refractivity (Wildman–Crippen MR) is 126 cm³/mol. The second-order valence-corrected chi connectivity index (χ2v) is 9.77. The summed E-state index contributed by atoms with van der Waals surface area (Å²) in [5.41, 5.74) is 5.88. The monoisotopic (exact) mass is 486 g/mol. The number of hydrogen-bond acceptors (Lipinski definition) is 5. The molecular weight excluding hydrogens is 459 g/mol. The third-order valence-electron chi connectivity index (χ3n) is 6.39. The number of nitrogens with zero attached hydrogens (tertiary/aromatic N) is 1. The molecule has 1 aliphatic carbocycles. The first-order valence-electron chi connectivity index (χ1n) is 11.4. The van der Waals surface area contributed by atoms with Crippen molar-refractivity contribution < 1.29 is 23.6 Å². The summed E-state index contributed by atoms with van der Waals surface area (Å²) < 4.78 is 13.5. The number of urea groups is 1. The minimum Gasteiger partial charge on any atom is -0.365 e. The van der Waals surface area contributed by atoms with E-state index in [1.165, 1.54) is 35.6 Å². The van der Waals surface area contributed by atoms with Crippen LogP contribution in [0.5, 0.6) is 0 Å². The lowest BCUT2D eigenvalue weighted by Crippen LogP contribution is -2.44. The molecule has 1 atom stereocenters. The lowest BCUT2D eigenvalue weighted by atomic mass is 9.85. The molecule has 10 heteroatoms. The Labute approximate surface area is 200 Å². The molecule has 1 aliphatic heterocycles. The van der Waals surface area contributed by atoms with Gasteiger partial charge >= 0.3 is 6.03 Å². The summed E-state index contributed by atoms with van der Waals surface area (Å²) >= 11 is 1.31. The van der Waals surface area contributed by atoms with Gasteiger partial charge in [-0.1, -0.05) is 31.9 Å². The van der Waals surface area contributed by atoms with Crippen LogP contribution in [0.4, 0.5) is 14.2 Å². The molecule has 1 fully saturated rings. The highest BCUT2D eigenvalue weighted by Gasteiger charge is 2.52. The van der Waals surface area contributed by atoms with Gasteiger partial charge in [0.1, 0.15) is 22.9 Å². The zero-order valence-corrected chi connectivity index (χ0v) is 19.7. The summed E-state index contributed by atoms with van der Waals surface area (Å²) in [6.07, 6.45) is 5.25. The maximum absolute atomic E-state index is 13.5. The van der Waals surface area contributed by atoms with Crippen molar-refractivity contribution in [1.29, 1.82) is 0 Å². The van der Waals surface area contributed by atoms with Crippen LogP contribution in [0.25, 0.3) is 0 Å². The fraction of sp³-hybridized carbons (Fsp3) is 0.417. The van der Waals surface area contributed by atoms with Crippen molar-refractivity contribution in [2.75, 3.05) is 11.9 Å². The highest BCUT2D eigenvalue weighted by molar-refractivity contribution is 7.17. The summed E-state index contributed by atoms with van der Waals surface area (Å²) in [5, 5.41) is 5.78. The minimum absolute atomic E-state index is 0.314. The number of amides is 5. The number of carbonyl (C=O) groups is 4. The predicted octanol–water partition coefficient (Wildman–Crippen LogP) is 3.44. The third kappa shape index (κ3) is 4.29. The largest absolute Gasteiger partial charge is 0.365 e. The number of imide groups is 1. The Kier molecular flexibility index (Phi) is 6.70. The lowest BCUT2D eigenvalue weighted by molar-refractivity contribution is -0.134. The molecule has 0 saturated carbocycles. The first-order valence-corrected chi connectivity index (χ1v) is 12.2. The number of unbranched alkanes of at least 4 members (excludes halogenated alkanes) is 1. The number of hydrogen-bond donors (Lipinski definition) is 3. The van der Waals surface area contributed by atoms with Crippen molar-refractivity contribution in [3.8, 4) is 0 Å². The Hall–Kier alpha value is -3.27. The van der Waals surface area contributed by atoms with Gasteiger partial charge in [0, 0.05) is 4.88 Å². The molecule has 8 nitrogen and oxygen atoms in total. The average molecular weight is 487 g/mol. The van der Waals surface area contributed by atoms with Gasteiger partial charge in [0.05, 0.1) is 5.56 Å². The number of halogens is 1. The van der Waals surface area contributed by atoms with Crippen molar-refractivity contribution in [3.63, 3.8) is 0 Å². The molecule has 0 unspecified atom stereocenters. The van der Waals surface area contributed by atoms with Gasteiger partial charge in [-0.2, -0.15) is 0 Å². The fourth-order valence-corrected chi connectivity index (χ4v) is 5.99. The van der Waals surface area contributed by atoms with Gasteiger partial charge in [0.2, 0.25) is 5.91 Å². The van der Waals surface area contributed by atoms with E-state index < -0.39 is 41.7 Å². The molecule has 1 aromatic carbocycles. The molecule has 180 valence electrons. The van der Waals surface area contributed by atoms with Crippen molar-refractivity contribution in [2.45, 2.75) is 57.4 Å². The van der Waals surface area contributed by atoms with Crippen LogP contribution >= 0.6 is 11.3 Å². The van der Waals surface area contributed by atoms with Crippen LogP contribution in [0, 0.1) is 5.82 Å². The quantitative estimate of drug-likeness (QED) is 0.495. The summed E-state index contributed by atoms with van der Waals surface area (Å²) in [7, 11) is 0. The highest BCUT2D eigenvalue weighted by atomic mass is 32.1. The van der Waals surface area contributed by atoms with Crippen LogP contribution in [-0.4, -0.2) is 35.2 Å². The van der Waals surface area contributed by atoms with Gasteiger partial charge in [-0.3, -0.25) is 19.3 Å². The van der Waals surface area contributed by atoms with Gasteiger partial charge in [-0.05, 0) is 55.4 Å². The first kappa shape index (κ1) is 23.9. The van der Waals surface area contributed by atoms with E-state index in [1.54, 1.807) is 0 Å². The van der Waals surface area contributed by atoms with Crippen LogP contribution in [0.15, 0.2) is 24.3 Å². The molecule has 4 N–H and O–H groups in total. The standard InChI is InChI=1S/C24H27FN4O4S/c1-2-3-12-24(14-8-10-15(25)11-9-14)22(32)29(23(33)28-24)13-18(30)27-21-19(20(26)31)16-6-4-5-7-17(16)34-21/h8-11H,2-7,12-13H2,1H3,(H2,26,31)(H,27,30)(H,28,33)/t24-/m1/s1. The normalized spacial score (nSPS) is 19.6. The summed E-state index contributed by atoms with van der Waals surface area (Å²) in [6.45, 7) is 1.45. The number of rotatable bonds is 8. The molecule has 0 bridgehead atoms. The molecule has 1 saturated heterocycles. The molecule has 2 aromatic rings. The molecule has 5 amide bonds. The first-order chi connectivity index (χ1) is 16.3. The second-order valence-electron chi connectivity index (χ2n) is 8.66.